The zero-order valence-electron chi connectivity index (χ0n) is 14.7. The minimum absolute atomic E-state index is 0.109. The number of carbonyl (C=O) groups excluding carboxylic acids is 1. The van der Waals surface area contributed by atoms with Crippen LogP contribution in [-0.4, -0.2) is 28.9 Å². The van der Waals surface area contributed by atoms with Crippen molar-refractivity contribution in [3.63, 3.8) is 0 Å². The number of pyridine rings is 1. The van der Waals surface area contributed by atoms with Gasteiger partial charge in [0.1, 0.15) is 11.5 Å². The maximum atomic E-state index is 14.4. The quantitative estimate of drug-likeness (QED) is 0.678. The molecule has 2 aromatic carbocycles. The Bertz CT molecular complexity index is 923. The molecule has 1 unspecified atom stereocenters. The molecule has 3 rings (SSSR count). The Morgan fingerprint density at radius 2 is 1.80 bits per heavy atom. The molecule has 0 spiro atoms. The lowest BCUT2D eigenvalue weighted by Crippen LogP contribution is -2.35. The van der Waals surface area contributed by atoms with Crippen molar-refractivity contribution < 1.29 is 9.18 Å². The maximum absolute atomic E-state index is 14.4. The van der Waals surface area contributed by atoms with E-state index in [1.807, 2.05) is 38.1 Å². The molecule has 4 heteroatoms. The van der Waals surface area contributed by atoms with E-state index >= 15 is 0 Å². The van der Waals surface area contributed by atoms with Crippen molar-refractivity contribution in [2.75, 3.05) is 7.05 Å². The summed E-state index contributed by atoms with van der Waals surface area (Å²) in [6.45, 7) is 4.03. The Labute approximate surface area is 147 Å². The van der Waals surface area contributed by atoms with Gasteiger partial charge in [0.25, 0.3) is 5.91 Å². The fourth-order valence-electron chi connectivity index (χ4n) is 2.84. The summed E-state index contributed by atoms with van der Waals surface area (Å²) in [7, 11) is 1.77. The predicted molar refractivity (Wildman–Crippen MR) is 99.0 cm³/mol. The van der Waals surface area contributed by atoms with Gasteiger partial charge in [-0.2, -0.15) is 0 Å². The summed E-state index contributed by atoms with van der Waals surface area (Å²) in [5, 5.41) is 0.829. The lowest BCUT2D eigenvalue weighted by molar-refractivity contribution is 0.0735. The van der Waals surface area contributed by atoms with Crippen LogP contribution in [0.15, 0.2) is 54.6 Å². The smallest absolute Gasteiger partial charge is 0.272 e. The molecule has 0 fully saturated rings. The molecule has 0 N–H and O–H groups in total. The number of hydrogen-bond acceptors (Lipinski definition) is 2. The van der Waals surface area contributed by atoms with Gasteiger partial charge in [-0.3, -0.25) is 4.79 Å². The van der Waals surface area contributed by atoms with Crippen molar-refractivity contribution in [1.29, 1.82) is 0 Å². The lowest BCUT2D eigenvalue weighted by Gasteiger charge is -2.24. The number of hydrogen-bond donors (Lipinski definition) is 0. The Morgan fingerprint density at radius 1 is 1.12 bits per heavy atom. The number of aromatic nitrogens is 1. The highest BCUT2D eigenvalue weighted by Crippen LogP contribution is 2.30. The third-order valence-electron chi connectivity index (χ3n) is 4.67. The number of halogens is 1. The van der Waals surface area contributed by atoms with Crippen LogP contribution in [0.5, 0.6) is 0 Å². The number of para-hydroxylation sites is 1. The fourth-order valence-corrected chi connectivity index (χ4v) is 2.84. The molecule has 1 heterocycles. The highest BCUT2D eigenvalue weighted by Gasteiger charge is 2.20. The SMILES string of the molecule is CCC(C)N(C)C(=O)c1cc(-c2ccccc2F)c2ccccc2n1. The van der Waals surface area contributed by atoms with Gasteiger partial charge in [-0.1, -0.05) is 43.3 Å². The van der Waals surface area contributed by atoms with E-state index in [4.69, 9.17) is 0 Å². The molecular formula is C21H21FN2O. The van der Waals surface area contributed by atoms with Crippen LogP contribution in [0.4, 0.5) is 4.39 Å². The van der Waals surface area contributed by atoms with E-state index in [2.05, 4.69) is 4.98 Å². The van der Waals surface area contributed by atoms with Crippen molar-refractivity contribution in [3.8, 4) is 11.1 Å². The Hall–Kier alpha value is -2.75. The molecule has 3 aromatic rings. The molecule has 1 aromatic heterocycles. The second-order valence-corrected chi connectivity index (χ2v) is 6.23. The number of carbonyl (C=O) groups is 1. The van der Waals surface area contributed by atoms with Crippen LogP contribution in [-0.2, 0) is 0 Å². The van der Waals surface area contributed by atoms with Crippen LogP contribution >= 0.6 is 0 Å². The minimum atomic E-state index is -0.312. The number of nitrogens with zero attached hydrogens (tertiary/aromatic N) is 2. The Balaban J connectivity index is 2.20. The molecule has 0 saturated heterocycles. The maximum Gasteiger partial charge on any atom is 0.272 e. The van der Waals surface area contributed by atoms with E-state index < -0.39 is 0 Å². The van der Waals surface area contributed by atoms with Crippen LogP contribution < -0.4 is 0 Å². The van der Waals surface area contributed by atoms with Gasteiger partial charge in [0.05, 0.1) is 5.52 Å². The zero-order chi connectivity index (χ0) is 18.0. The Kier molecular flexibility index (Phi) is 4.79. The molecule has 128 valence electrons. The first kappa shape index (κ1) is 17.1. The van der Waals surface area contributed by atoms with Crippen LogP contribution in [0.3, 0.4) is 0 Å². The molecule has 0 aliphatic rings. The average molecular weight is 336 g/mol. The van der Waals surface area contributed by atoms with Crippen LogP contribution in [0.1, 0.15) is 30.8 Å². The van der Waals surface area contributed by atoms with Crippen molar-refractivity contribution in [2.45, 2.75) is 26.3 Å². The Morgan fingerprint density at radius 3 is 2.52 bits per heavy atom. The summed E-state index contributed by atoms with van der Waals surface area (Å²) >= 11 is 0. The van der Waals surface area contributed by atoms with Crippen molar-refractivity contribution in [2.24, 2.45) is 0 Å². The number of fused-ring (bicyclic) bond motifs is 1. The van der Waals surface area contributed by atoms with Crippen molar-refractivity contribution >= 4 is 16.8 Å². The molecule has 0 radical (unpaired) electrons. The molecule has 0 aliphatic heterocycles. The summed E-state index contributed by atoms with van der Waals surface area (Å²) < 4.78 is 14.4. The first-order chi connectivity index (χ1) is 12.0. The third-order valence-corrected chi connectivity index (χ3v) is 4.67. The van der Waals surface area contributed by atoms with E-state index in [-0.39, 0.29) is 17.8 Å². The van der Waals surface area contributed by atoms with Crippen LogP contribution in [0.2, 0.25) is 0 Å². The van der Waals surface area contributed by atoms with Gasteiger partial charge < -0.3 is 4.90 Å². The fraction of sp³-hybridized carbons (Fsp3) is 0.238. The van der Waals surface area contributed by atoms with Gasteiger partial charge in [0, 0.05) is 24.0 Å². The second kappa shape index (κ2) is 7.01. The molecular weight excluding hydrogens is 315 g/mol. The normalized spacial score (nSPS) is 12.2. The monoisotopic (exact) mass is 336 g/mol. The summed E-state index contributed by atoms with van der Waals surface area (Å²) in [5.74, 6) is -0.467. The summed E-state index contributed by atoms with van der Waals surface area (Å²) in [6.07, 6.45) is 0.857. The molecule has 25 heavy (non-hydrogen) atoms. The van der Waals surface area contributed by atoms with Gasteiger partial charge >= 0.3 is 0 Å². The van der Waals surface area contributed by atoms with Gasteiger partial charge in [-0.05, 0) is 37.1 Å². The molecule has 0 bridgehead atoms. The topological polar surface area (TPSA) is 33.2 Å². The standard InChI is InChI=1S/C21H21FN2O/c1-4-14(2)24(3)21(25)20-13-17(15-9-5-7-11-18(15)22)16-10-6-8-12-19(16)23-20/h5-14H,4H2,1-3H3. The highest BCUT2D eigenvalue weighted by atomic mass is 19.1. The van der Waals surface area contributed by atoms with E-state index in [0.717, 1.165) is 11.8 Å². The van der Waals surface area contributed by atoms with Crippen molar-refractivity contribution in [1.82, 2.24) is 9.88 Å². The first-order valence-electron chi connectivity index (χ1n) is 8.44. The number of amides is 1. The molecule has 1 atom stereocenters. The average Bonchev–Trinajstić information content (AvgIpc) is 2.65. The second-order valence-electron chi connectivity index (χ2n) is 6.23. The van der Waals surface area contributed by atoms with Gasteiger partial charge in [0.2, 0.25) is 0 Å². The molecule has 3 nitrogen and oxygen atoms in total. The summed E-state index contributed by atoms with van der Waals surface area (Å²) in [4.78, 5) is 19.0. The first-order valence-corrected chi connectivity index (χ1v) is 8.44. The predicted octanol–water partition coefficient (Wildman–Crippen LogP) is 4.91. The van der Waals surface area contributed by atoms with Crippen LogP contribution in [0.25, 0.3) is 22.0 Å². The molecule has 0 aliphatic carbocycles. The third kappa shape index (κ3) is 3.25. The minimum Gasteiger partial charge on any atom is -0.338 e. The summed E-state index contributed by atoms with van der Waals surface area (Å²) in [6, 6.07) is 15.9. The van der Waals surface area contributed by atoms with E-state index in [9.17, 15) is 9.18 Å². The number of rotatable bonds is 4. The van der Waals surface area contributed by atoms with Crippen LogP contribution in [0, 0.1) is 5.82 Å². The molecule has 0 saturated carbocycles. The number of benzene rings is 2. The largest absolute Gasteiger partial charge is 0.338 e. The van der Waals surface area contributed by atoms with Gasteiger partial charge in [-0.15, -0.1) is 0 Å². The van der Waals surface area contributed by atoms with Gasteiger partial charge in [0.15, 0.2) is 0 Å². The van der Waals surface area contributed by atoms with E-state index in [1.165, 1.54) is 6.07 Å². The van der Waals surface area contributed by atoms with Gasteiger partial charge in [-0.25, -0.2) is 9.37 Å². The zero-order valence-corrected chi connectivity index (χ0v) is 14.7. The highest BCUT2D eigenvalue weighted by molar-refractivity contribution is 6.01. The lowest BCUT2D eigenvalue weighted by atomic mass is 9.99. The molecule has 1 amide bonds. The van der Waals surface area contributed by atoms with E-state index in [0.29, 0.717) is 22.3 Å². The van der Waals surface area contributed by atoms with E-state index in [1.54, 1.807) is 36.2 Å². The van der Waals surface area contributed by atoms with Crippen molar-refractivity contribution in [3.05, 3.63) is 66.1 Å². The summed E-state index contributed by atoms with van der Waals surface area (Å²) in [5.41, 5.74) is 2.18.